The van der Waals surface area contributed by atoms with E-state index in [2.05, 4.69) is 4.99 Å². The maximum atomic E-state index is 5.82. The molecule has 0 radical (unpaired) electrons. The van der Waals surface area contributed by atoms with Crippen molar-refractivity contribution in [3.8, 4) is 5.69 Å². The molecular weight excluding hydrogens is 292 g/mol. The van der Waals surface area contributed by atoms with E-state index in [9.17, 15) is 0 Å². The van der Waals surface area contributed by atoms with Gasteiger partial charge in [0.05, 0.1) is 5.69 Å². The van der Waals surface area contributed by atoms with Gasteiger partial charge in [-0.15, -0.1) is 12.4 Å². The molecule has 0 aliphatic rings. The Morgan fingerprint density at radius 1 is 1.30 bits per heavy atom. The average molecular weight is 311 g/mol. The van der Waals surface area contributed by atoms with Gasteiger partial charge in [0.25, 0.3) is 0 Å². The smallest absolute Gasteiger partial charge is 0.159 e. The van der Waals surface area contributed by atoms with Gasteiger partial charge in [-0.3, -0.25) is 0 Å². The van der Waals surface area contributed by atoms with Crippen molar-refractivity contribution in [3.05, 3.63) is 48.3 Å². The summed E-state index contributed by atoms with van der Waals surface area (Å²) in [4.78, 5) is 4.37. The monoisotopic (exact) mass is 310 g/mol. The first-order valence-electron chi connectivity index (χ1n) is 6.18. The quantitative estimate of drug-likeness (QED) is 0.673. The summed E-state index contributed by atoms with van der Waals surface area (Å²) < 4.78 is 2.04. The van der Waals surface area contributed by atoms with Gasteiger partial charge in [0.15, 0.2) is 5.17 Å². The zero-order valence-corrected chi connectivity index (χ0v) is 13.0. The minimum Gasteiger partial charge on any atom is -0.378 e. The maximum absolute atomic E-state index is 5.82. The van der Waals surface area contributed by atoms with Crippen molar-refractivity contribution in [1.82, 2.24) is 4.57 Å². The van der Waals surface area contributed by atoms with Crippen molar-refractivity contribution < 1.29 is 0 Å². The first-order valence-corrected chi connectivity index (χ1v) is 7.16. The predicted octanol–water partition coefficient (Wildman–Crippen LogP) is 3.06. The number of aromatic nitrogens is 1. The summed E-state index contributed by atoms with van der Waals surface area (Å²) in [5, 5.41) is 0.583. The number of rotatable bonds is 4. The molecule has 0 aliphatic heterocycles. The topological polar surface area (TPSA) is 69.3 Å². The molecule has 0 bridgehead atoms. The van der Waals surface area contributed by atoms with E-state index in [1.165, 1.54) is 11.8 Å². The molecule has 0 saturated heterocycles. The lowest BCUT2D eigenvalue weighted by atomic mass is 10.1. The molecule has 1 heterocycles. The molecule has 108 valence electrons. The van der Waals surface area contributed by atoms with Crippen molar-refractivity contribution in [2.75, 3.05) is 5.75 Å². The van der Waals surface area contributed by atoms with Gasteiger partial charge in [-0.1, -0.05) is 18.7 Å². The third-order valence-corrected chi connectivity index (χ3v) is 3.37. The summed E-state index contributed by atoms with van der Waals surface area (Å²) in [6, 6.07) is 9.94. The molecule has 0 saturated carbocycles. The fourth-order valence-corrected chi connectivity index (χ4v) is 2.33. The van der Waals surface area contributed by atoms with E-state index in [-0.39, 0.29) is 12.4 Å². The van der Waals surface area contributed by atoms with E-state index in [0.29, 0.717) is 11.7 Å². The Morgan fingerprint density at radius 2 is 2.00 bits per heavy atom. The molecule has 0 fully saturated rings. The number of nitrogens with zero attached hydrogens (tertiary/aromatic N) is 2. The van der Waals surface area contributed by atoms with Gasteiger partial charge in [0.2, 0.25) is 0 Å². The Labute approximate surface area is 129 Å². The minimum atomic E-state index is 0. The van der Waals surface area contributed by atoms with Crippen LogP contribution >= 0.6 is 24.2 Å². The highest BCUT2D eigenvalue weighted by Crippen LogP contribution is 2.22. The third-order valence-electron chi connectivity index (χ3n) is 2.70. The van der Waals surface area contributed by atoms with Crippen molar-refractivity contribution in [3.63, 3.8) is 0 Å². The molecule has 6 heteroatoms. The zero-order valence-electron chi connectivity index (χ0n) is 11.3. The second-order valence-corrected chi connectivity index (χ2v) is 5.27. The van der Waals surface area contributed by atoms with Gasteiger partial charge in [-0.2, -0.15) is 0 Å². The largest absolute Gasteiger partial charge is 0.378 e. The Kier molecular flexibility index (Phi) is 6.64. The van der Waals surface area contributed by atoms with Crippen molar-refractivity contribution in [2.45, 2.75) is 13.5 Å². The zero-order chi connectivity index (χ0) is 13.7. The molecule has 0 unspecified atom stereocenters. The Hall–Kier alpha value is -1.43. The van der Waals surface area contributed by atoms with Crippen LogP contribution in [0.3, 0.4) is 0 Å². The van der Waals surface area contributed by atoms with Crippen LogP contribution in [0.5, 0.6) is 0 Å². The second kappa shape index (κ2) is 7.99. The molecule has 4 N–H and O–H groups in total. The van der Waals surface area contributed by atoms with Crippen LogP contribution in [0.2, 0.25) is 0 Å². The van der Waals surface area contributed by atoms with Gasteiger partial charge in [0, 0.05) is 24.6 Å². The van der Waals surface area contributed by atoms with E-state index in [0.717, 1.165) is 22.7 Å². The highest BCUT2D eigenvalue weighted by Gasteiger charge is 2.04. The molecule has 1 aromatic heterocycles. The Balaban J connectivity index is 0.00000200. The second-order valence-electron chi connectivity index (χ2n) is 3.99. The Morgan fingerprint density at radius 3 is 2.60 bits per heavy atom. The predicted molar refractivity (Wildman–Crippen MR) is 90.3 cm³/mol. The fraction of sp³-hybridized carbons (Fsp3) is 0.214. The molecule has 0 atom stereocenters. The first-order chi connectivity index (χ1) is 9.24. The van der Waals surface area contributed by atoms with E-state index in [1.807, 2.05) is 54.2 Å². The van der Waals surface area contributed by atoms with Crippen molar-refractivity contribution in [2.24, 2.45) is 16.5 Å². The molecular formula is C14H19ClN4S. The summed E-state index contributed by atoms with van der Waals surface area (Å²) in [5.41, 5.74) is 14.6. The summed E-state index contributed by atoms with van der Waals surface area (Å²) in [5.74, 6) is 0.917. The SMILES string of the molecule is CCSC(N)=Nc1ccc(-n2cccc2)c(CN)c1.Cl. The van der Waals surface area contributed by atoms with Crippen LogP contribution in [-0.4, -0.2) is 15.5 Å². The van der Waals surface area contributed by atoms with Gasteiger partial charge >= 0.3 is 0 Å². The number of hydrogen-bond acceptors (Lipinski definition) is 3. The molecule has 2 aromatic rings. The average Bonchev–Trinajstić information content (AvgIpc) is 2.92. The van der Waals surface area contributed by atoms with Gasteiger partial charge in [-0.25, -0.2) is 4.99 Å². The number of benzene rings is 1. The highest BCUT2D eigenvalue weighted by atomic mass is 35.5. The number of thioether (sulfide) groups is 1. The summed E-state index contributed by atoms with van der Waals surface area (Å²) in [6.45, 7) is 2.52. The van der Waals surface area contributed by atoms with Gasteiger partial charge in [-0.05, 0) is 41.6 Å². The molecule has 0 amide bonds. The van der Waals surface area contributed by atoms with E-state index in [4.69, 9.17) is 11.5 Å². The van der Waals surface area contributed by atoms with Crippen LogP contribution in [0.15, 0.2) is 47.7 Å². The lowest BCUT2D eigenvalue weighted by molar-refractivity contribution is 0.992. The lowest BCUT2D eigenvalue weighted by Gasteiger charge is -2.10. The van der Waals surface area contributed by atoms with Crippen molar-refractivity contribution in [1.29, 1.82) is 0 Å². The Bertz CT molecular complexity index is 567. The third kappa shape index (κ3) is 4.03. The normalized spacial score (nSPS) is 11.2. The summed E-state index contributed by atoms with van der Waals surface area (Å²) in [7, 11) is 0. The van der Waals surface area contributed by atoms with Crippen LogP contribution < -0.4 is 11.5 Å². The van der Waals surface area contributed by atoms with Crippen LogP contribution in [0.4, 0.5) is 5.69 Å². The standard InChI is InChI=1S/C14H18N4S.ClH/c1-2-19-14(16)17-12-5-6-13(11(9-12)10-15)18-7-3-4-8-18;/h3-9H,2,10,15H2,1H3,(H2,16,17);1H. The number of amidine groups is 1. The van der Waals surface area contributed by atoms with E-state index < -0.39 is 0 Å². The number of hydrogen-bond donors (Lipinski definition) is 2. The van der Waals surface area contributed by atoms with Gasteiger partial charge < -0.3 is 16.0 Å². The van der Waals surface area contributed by atoms with Crippen LogP contribution in [0.25, 0.3) is 5.69 Å². The van der Waals surface area contributed by atoms with E-state index >= 15 is 0 Å². The molecule has 2 rings (SSSR count). The molecule has 4 nitrogen and oxygen atoms in total. The molecule has 0 aliphatic carbocycles. The van der Waals surface area contributed by atoms with Crippen LogP contribution in [0.1, 0.15) is 12.5 Å². The van der Waals surface area contributed by atoms with E-state index in [1.54, 1.807) is 0 Å². The lowest BCUT2D eigenvalue weighted by Crippen LogP contribution is -2.06. The fourth-order valence-electron chi connectivity index (χ4n) is 1.86. The van der Waals surface area contributed by atoms with Gasteiger partial charge in [0.1, 0.15) is 0 Å². The summed E-state index contributed by atoms with van der Waals surface area (Å²) >= 11 is 1.53. The maximum Gasteiger partial charge on any atom is 0.159 e. The van der Waals surface area contributed by atoms with Crippen LogP contribution in [0, 0.1) is 0 Å². The molecule has 0 spiro atoms. The summed E-state index contributed by atoms with van der Waals surface area (Å²) in [6.07, 6.45) is 4.00. The number of halogens is 1. The molecule has 1 aromatic carbocycles. The first kappa shape index (κ1) is 16.6. The van der Waals surface area contributed by atoms with Crippen molar-refractivity contribution >= 4 is 35.0 Å². The van der Waals surface area contributed by atoms with Crippen LogP contribution in [-0.2, 0) is 6.54 Å². The highest BCUT2D eigenvalue weighted by molar-refractivity contribution is 8.13. The molecule has 20 heavy (non-hydrogen) atoms. The number of aliphatic imine (C=N–C) groups is 1. The number of nitrogens with two attached hydrogens (primary N) is 2. The minimum absolute atomic E-state index is 0.